The number of carbonyl (C=O) groups is 2. The molecule has 2 atom stereocenters. The zero-order valence-electron chi connectivity index (χ0n) is 21.5. The van der Waals surface area contributed by atoms with Crippen molar-refractivity contribution in [2.24, 2.45) is 0 Å². The van der Waals surface area contributed by atoms with E-state index in [4.69, 9.17) is 34.8 Å². The van der Waals surface area contributed by atoms with Gasteiger partial charge in [-0.05, 0) is 56.0 Å². The summed E-state index contributed by atoms with van der Waals surface area (Å²) in [5.74, 6) is -0.516. The first-order valence-electron chi connectivity index (χ1n) is 12.1. The van der Waals surface area contributed by atoms with Crippen molar-refractivity contribution >= 4 is 62.3 Å². The number of rotatable bonds is 13. The average molecular weight is 591 g/mol. The van der Waals surface area contributed by atoms with Gasteiger partial charge >= 0.3 is 0 Å². The molecule has 0 bridgehead atoms. The highest BCUT2D eigenvalue weighted by Crippen LogP contribution is 2.31. The fourth-order valence-corrected chi connectivity index (χ4v) is 5.43. The molecule has 0 heterocycles. The second-order valence-corrected chi connectivity index (χ2v) is 12.0. The Hall–Kier alpha value is -2.00. The minimum Gasteiger partial charge on any atom is -0.352 e. The van der Waals surface area contributed by atoms with Gasteiger partial charge in [0.25, 0.3) is 0 Å². The predicted octanol–water partition coefficient (Wildman–Crippen LogP) is 5.92. The molecule has 0 fully saturated rings. The van der Waals surface area contributed by atoms with Crippen LogP contribution in [0.5, 0.6) is 0 Å². The molecule has 0 saturated carbocycles. The molecule has 2 amide bonds. The highest BCUT2D eigenvalue weighted by Gasteiger charge is 2.30. The summed E-state index contributed by atoms with van der Waals surface area (Å²) in [6.07, 6.45) is 2.46. The lowest BCUT2D eigenvalue weighted by Crippen LogP contribution is -2.50. The van der Waals surface area contributed by atoms with Crippen LogP contribution in [0.3, 0.4) is 0 Å². The van der Waals surface area contributed by atoms with Gasteiger partial charge in [0, 0.05) is 35.6 Å². The van der Waals surface area contributed by atoms with Crippen LogP contribution in [0.15, 0.2) is 42.5 Å². The summed E-state index contributed by atoms with van der Waals surface area (Å²) in [4.78, 5) is 28.1. The smallest absolute Gasteiger partial charge is 0.243 e. The second kappa shape index (κ2) is 14.2. The third kappa shape index (κ3) is 9.06. The van der Waals surface area contributed by atoms with Crippen LogP contribution in [0, 0.1) is 0 Å². The van der Waals surface area contributed by atoms with Gasteiger partial charge < -0.3 is 10.2 Å². The zero-order chi connectivity index (χ0) is 27.8. The van der Waals surface area contributed by atoms with Gasteiger partial charge in [-0.15, -0.1) is 0 Å². The number of carbonyl (C=O) groups excluding carboxylic acids is 2. The highest BCUT2D eigenvalue weighted by molar-refractivity contribution is 7.92. The maximum absolute atomic E-state index is 13.5. The van der Waals surface area contributed by atoms with E-state index in [1.165, 1.54) is 17.0 Å². The maximum Gasteiger partial charge on any atom is 0.243 e. The van der Waals surface area contributed by atoms with Crippen molar-refractivity contribution in [2.75, 3.05) is 17.1 Å². The van der Waals surface area contributed by atoms with Crippen molar-refractivity contribution in [1.82, 2.24) is 10.2 Å². The quantitative estimate of drug-likeness (QED) is 0.314. The summed E-state index contributed by atoms with van der Waals surface area (Å²) in [5.41, 5.74) is 0.965. The van der Waals surface area contributed by atoms with Gasteiger partial charge in [-0.1, -0.05) is 66.8 Å². The molecule has 2 rings (SSSR count). The fraction of sp³-hybridized carbons (Fsp3) is 0.462. The molecule has 0 radical (unpaired) electrons. The molecule has 2 aromatic rings. The third-order valence-corrected chi connectivity index (χ3v) is 8.12. The Morgan fingerprint density at radius 3 is 2.27 bits per heavy atom. The van der Waals surface area contributed by atoms with Gasteiger partial charge in [0.1, 0.15) is 6.04 Å². The van der Waals surface area contributed by atoms with Crippen LogP contribution in [0.1, 0.15) is 52.0 Å². The summed E-state index contributed by atoms with van der Waals surface area (Å²) in [5, 5.41) is 4.03. The Morgan fingerprint density at radius 1 is 1.00 bits per heavy atom. The van der Waals surface area contributed by atoms with Crippen LogP contribution in [0.25, 0.3) is 0 Å². The Balaban J connectivity index is 2.27. The van der Waals surface area contributed by atoms with E-state index in [-0.39, 0.29) is 54.5 Å². The van der Waals surface area contributed by atoms with E-state index in [9.17, 15) is 18.0 Å². The van der Waals surface area contributed by atoms with Crippen molar-refractivity contribution < 1.29 is 18.0 Å². The van der Waals surface area contributed by atoms with E-state index in [1.807, 2.05) is 32.9 Å². The van der Waals surface area contributed by atoms with Crippen molar-refractivity contribution in [2.45, 2.75) is 65.1 Å². The normalized spacial score (nSPS) is 13.1. The number of hydrogen-bond donors (Lipinski definition) is 1. The van der Waals surface area contributed by atoms with E-state index in [2.05, 4.69) is 5.32 Å². The van der Waals surface area contributed by atoms with Crippen LogP contribution in [-0.4, -0.2) is 50.0 Å². The number of nitrogens with one attached hydrogen (secondary N) is 1. The molecule has 7 nitrogen and oxygen atoms in total. The lowest BCUT2D eigenvalue weighted by molar-refractivity contribution is -0.141. The van der Waals surface area contributed by atoms with E-state index in [0.717, 1.165) is 22.5 Å². The number of nitrogens with zero attached hydrogens (tertiary/aromatic N) is 2. The molecule has 0 aliphatic carbocycles. The maximum atomic E-state index is 13.5. The zero-order valence-corrected chi connectivity index (χ0v) is 24.6. The summed E-state index contributed by atoms with van der Waals surface area (Å²) in [6.45, 7) is 5.89. The summed E-state index contributed by atoms with van der Waals surface area (Å²) < 4.78 is 26.2. The van der Waals surface area contributed by atoms with Crippen molar-refractivity contribution in [3.05, 3.63) is 63.1 Å². The number of halogens is 3. The van der Waals surface area contributed by atoms with Crippen LogP contribution in [0.2, 0.25) is 15.1 Å². The first-order valence-corrected chi connectivity index (χ1v) is 15.1. The Morgan fingerprint density at radius 2 is 1.68 bits per heavy atom. The Labute approximate surface area is 235 Å². The van der Waals surface area contributed by atoms with E-state index < -0.39 is 16.1 Å². The molecule has 1 N–H and O–H groups in total. The lowest BCUT2D eigenvalue weighted by atomic mass is 10.1. The summed E-state index contributed by atoms with van der Waals surface area (Å²) >= 11 is 18.7. The minimum absolute atomic E-state index is 0.0143. The second-order valence-electron chi connectivity index (χ2n) is 8.89. The molecular weight excluding hydrogens is 557 g/mol. The monoisotopic (exact) mass is 589 g/mol. The SMILES string of the molecule is CC[C@H](C(=O)N[C@@H](C)CC)N(Cc1ccccc1Cl)C(=O)CCCN(c1cc(Cl)ccc1Cl)S(C)(=O)=O. The predicted molar refractivity (Wildman–Crippen MR) is 152 cm³/mol. The molecule has 2 aromatic carbocycles. The van der Waals surface area contributed by atoms with Gasteiger partial charge in [0.2, 0.25) is 21.8 Å². The van der Waals surface area contributed by atoms with E-state index in [0.29, 0.717) is 16.5 Å². The van der Waals surface area contributed by atoms with Crippen molar-refractivity contribution in [3.63, 3.8) is 0 Å². The van der Waals surface area contributed by atoms with Crippen LogP contribution in [0.4, 0.5) is 5.69 Å². The highest BCUT2D eigenvalue weighted by atomic mass is 35.5. The van der Waals surface area contributed by atoms with Gasteiger partial charge in [0.05, 0.1) is 17.0 Å². The van der Waals surface area contributed by atoms with Crippen molar-refractivity contribution in [3.8, 4) is 0 Å². The summed E-state index contributed by atoms with van der Waals surface area (Å²) in [6, 6.07) is 11.0. The van der Waals surface area contributed by atoms with E-state index >= 15 is 0 Å². The molecule has 0 saturated heterocycles. The summed E-state index contributed by atoms with van der Waals surface area (Å²) in [7, 11) is -3.70. The number of benzene rings is 2. The van der Waals surface area contributed by atoms with Crippen LogP contribution in [-0.2, 0) is 26.2 Å². The topological polar surface area (TPSA) is 86.8 Å². The molecule has 0 unspecified atom stereocenters. The minimum atomic E-state index is -3.70. The van der Waals surface area contributed by atoms with Gasteiger partial charge in [-0.25, -0.2) is 8.42 Å². The largest absolute Gasteiger partial charge is 0.352 e. The van der Waals surface area contributed by atoms with Gasteiger partial charge in [-0.3, -0.25) is 13.9 Å². The van der Waals surface area contributed by atoms with Gasteiger partial charge in [-0.2, -0.15) is 0 Å². The lowest BCUT2D eigenvalue weighted by Gasteiger charge is -2.32. The van der Waals surface area contributed by atoms with Crippen LogP contribution < -0.4 is 9.62 Å². The average Bonchev–Trinajstić information content (AvgIpc) is 2.83. The van der Waals surface area contributed by atoms with Gasteiger partial charge in [0.15, 0.2) is 0 Å². The molecule has 0 aliphatic rings. The standard InChI is InChI=1S/C26H34Cl3N3O4S/c1-5-18(3)30-26(34)23(6-2)31(17-19-10-7-8-11-21(19)28)25(33)12-9-15-32(37(4,35)36)24-16-20(27)13-14-22(24)29/h7-8,10-11,13-14,16,18,23H,5-6,9,12,15,17H2,1-4H3,(H,30,34)/t18-,23+/m0/s1. The molecule has 11 heteroatoms. The number of anilines is 1. The first kappa shape index (κ1) is 31.2. The fourth-order valence-electron chi connectivity index (χ4n) is 3.83. The molecule has 0 aromatic heterocycles. The number of hydrogen-bond acceptors (Lipinski definition) is 4. The molecule has 204 valence electrons. The molecule has 0 aliphatic heterocycles. The Bertz CT molecular complexity index is 1190. The number of sulfonamides is 1. The first-order chi connectivity index (χ1) is 17.4. The Kier molecular flexibility index (Phi) is 12.0. The van der Waals surface area contributed by atoms with Crippen molar-refractivity contribution in [1.29, 1.82) is 0 Å². The molecule has 0 spiro atoms. The molecular formula is C26H34Cl3N3O4S. The van der Waals surface area contributed by atoms with Crippen LogP contribution >= 0.6 is 34.8 Å². The molecule has 37 heavy (non-hydrogen) atoms. The van der Waals surface area contributed by atoms with E-state index in [1.54, 1.807) is 18.2 Å². The number of amides is 2. The third-order valence-electron chi connectivity index (χ3n) is 6.01.